The summed E-state index contributed by atoms with van der Waals surface area (Å²) in [5, 5.41) is 2.89. The molecule has 2 amide bonds. The number of nitrogens with zero attached hydrogens (tertiary/aromatic N) is 2. The lowest BCUT2D eigenvalue weighted by Gasteiger charge is -2.22. The van der Waals surface area contributed by atoms with Crippen molar-refractivity contribution in [3.63, 3.8) is 0 Å². The van der Waals surface area contributed by atoms with Gasteiger partial charge >= 0.3 is 0 Å². The van der Waals surface area contributed by atoms with Gasteiger partial charge in [-0.3, -0.25) is 9.59 Å². The number of H-pyrrole nitrogens is 1. The van der Waals surface area contributed by atoms with Crippen molar-refractivity contribution >= 4 is 34.2 Å². The van der Waals surface area contributed by atoms with Crippen LogP contribution in [0.3, 0.4) is 0 Å². The Hall–Kier alpha value is -3.35. The molecule has 0 aliphatic carbocycles. The van der Waals surface area contributed by atoms with E-state index in [0.29, 0.717) is 16.9 Å². The van der Waals surface area contributed by atoms with Gasteiger partial charge in [0.2, 0.25) is 5.91 Å². The number of aromatic nitrogens is 2. The topological polar surface area (TPSA) is 104 Å². The molecule has 0 spiro atoms. The number of nitrogens with one attached hydrogen (secondary N) is 2. The van der Waals surface area contributed by atoms with Crippen LogP contribution < -0.4 is 16.0 Å². The molecular weight excluding hydrogens is 330 g/mol. The number of benzene rings is 1. The standard InChI is InChI=1S/C19H19N5O2/c20-18(25)12-3-6-17(24-9-1-2-10-24)16(11-12)23-19(26)15-5-4-13-14(22-15)7-8-21-13/h3-8,11,21H,1-2,9-10H2,(H2,20,25)(H,23,26). The number of rotatable bonds is 4. The Morgan fingerprint density at radius 2 is 1.92 bits per heavy atom. The van der Waals surface area contributed by atoms with Gasteiger partial charge in [-0.25, -0.2) is 4.98 Å². The molecule has 1 saturated heterocycles. The van der Waals surface area contributed by atoms with Crippen LogP contribution in [0.2, 0.25) is 0 Å². The summed E-state index contributed by atoms with van der Waals surface area (Å²) in [7, 11) is 0. The van der Waals surface area contributed by atoms with E-state index in [9.17, 15) is 9.59 Å². The number of fused-ring (bicyclic) bond motifs is 1. The predicted molar refractivity (Wildman–Crippen MR) is 100 cm³/mol. The van der Waals surface area contributed by atoms with E-state index in [4.69, 9.17) is 5.73 Å². The second-order valence-corrected chi connectivity index (χ2v) is 6.35. The van der Waals surface area contributed by atoms with Gasteiger partial charge in [0.15, 0.2) is 0 Å². The van der Waals surface area contributed by atoms with Gasteiger partial charge in [-0.2, -0.15) is 0 Å². The molecule has 1 aliphatic rings. The summed E-state index contributed by atoms with van der Waals surface area (Å²) in [5.41, 5.74) is 9.13. The predicted octanol–water partition coefficient (Wildman–Crippen LogP) is 2.51. The largest absolute Gasteiger partial charge is 0.370 e. The molecule has 0 radical (unpaired) electrons. The zero-order valence-electron chi connectivity index (χ0n) is 14.2. The van der Waals surface area contributed by atoms with Crippen LogP contribution in [0.1, 0.15) is 33.7 Å². The van der Waals surface area contributed by atoms with E-state index in [2.05, 4.69) is 20.2 Å². The van der Waals surface area contributed by atoms with Crippen LogP contribution in [0.5, 0.6) is 0 Å². The molecule has 0 saturated carbocycles. The van der Waals surface area contributed by atoms with Crippen molar-refractivity contribution in [2.24, 2.45) is 5.73 Å². The zero-order chi connectivity index (χ0) is 18.1. The Bertz CT molecular complexity index is 989. The molecule has 7 heteroatoms. The first-order valence-corrected chi connectivity index (χ1v) is 8.56. The monoisotopic (exact) mass is 349 g/mol. The van der Waals surface area contributed by atoms with E-state index < -0.39 is 5.91 Å². The van der Waals surface area contributed by atoms with Crippen LogP contribution in [0.15, 0.2) is 42.6 Å². The van der Waals surface area contributed by atoms with Crippen LogP contribution in [-0.4, -0.2) is 34.9 Å². The second-order valence-electron chi connectivity index (χ2n) is 6.35. The van der Waals surface area contributed by atoms with Crippen molar-refractivity contribution in [1.82, 2.24) is 9.97 Å². The first kappa shape index (κ1) is 16.1. The maximum atomic E-state index is 12.7. The van der Waals surface area contributed by atoms with E-state index in [-0.39, 0.29) is 5.91 Å². The second kappa shape index (κ2) is 6.51. The van der Waals surface area contributed by atoms with Crippen LogP contribution in [-0.2, 0) is 0 Å². The number of aromatic amines is 1. The third kappa shape index (κ3) is 2.99. The molecular formula is C19H19N5O2. The van der Waals surface area contributed by atoms with Crippen molar-refractivity contribution in [3.8, 4) is 0 Å². The van der Waals surface area contributed by atoms with Crippen LogP contribution in [0.25, 0.3) is 11.0 Å². The van der Waals surface area contributed by atoms with Gasteiger partial charge in [-0.05, 0) is 49.2 Å². The van der Waals surface area contributed by atoms with Gasteiger partial charge in [0.1, 0.15) is 5.69 Å². The number of carbonyl (C=O) groups is 2. The molecule has 0 bridgehead atoms. The molecule has 132 valence electrons. The van der Waals surface area contributed by atoms with Crippen LogP contribution >= 0.6 is 0 Å². The lowest BCUT2D eigenvalue weighted by Crippen LogP contribution is -2.22. The minimum atomic E-state index is -0.527. The average Bonchev–Trinajstić information content (AvgIpc) is 3.32. The summed E-state index contributed by atoms with van der Waals surface area (Å²) >= 11 is 0. The van der Waals surface area contributed by atoms with Crippen LogP contribution in [0.4, 0.5) is 11.4 Å². The fraction of sp³-hybridized carbons (Fsp3) is 0.211. The number of pyridine rings is 1. The molecule has 3 aromatic rings. The molecule has 2 aromatic heterocycles. The zero-order valence-corrected chi connectivity index (χ0v) is 14.2. The van der Waals surface area contributed by atoms with Crippen molar-refractivity contribution in [2.75, 3.05) is 23.3 Å². The third-order valence-electron chi connectivity index (χ3n) is 4.61. The quantitative estimate of drug-likeness (QED) is 0.673. The molecule has 1 aliphatic heterocycles. The van der Waals surface area contributed by atoms with E-state index >= 15 is 0 Å². The number of hydrogen-bond acceptors (Lipinski definition) is 4. The van der Waals surface area contributed by atoms with Crippen molar-refractivity contribution in [2.45, 2.75) is 12.8 Å². The molecule has 3 heterocycles. The SMILES string of the molecule is NC(=O)c1ccc(N2CCCC2)c(NC(=O)c2ccc3[nH]ccc3n2)c1. The molecule has 1 aromatic carbocycles. The minimum Gasteiger partial charge on any atom is -0.370 e. The minimum absolute atomic E-state index is 0.314. The van der Waals surface area contributed by atoms with Gasteiger partial charge < -0.3 is 20.9 Å². The number of primary amides is 1. The molecule has 1 fully saturated rings. The Morgan fingerprint density at radius 1 is 1.12 bits per heavy atom. The highest BCUT2D eigenvalue weighted by Crippen LogP contribution is 2.30. The van der Waals surface area contributed by atoms with Gasteiger partial charge in [-0.1, -0.05) is 0 Å². The normalized spacial score (nSPS) is 13.9. The van der Waals surface area contributed by atoms with Crippen molar-refractivity contribution in [1.29, 1.82) is 0 Å². The maximum Gasteiger partial charge on any atom is 0.274 e. The lowest BCUT2D eigenvalue weighted by molar-refractivity contribution is 0.0995. The highest BCUT2D eigenvalue weighted by molar-refractivity contribution is 6.06. The van der Waals surface area contributed by atoms with Crippen molar-refractivity contribution in [3.05, 3.63) is 53.9 Å². The average molecular weight is 349 g/mol. The molecule has 26 heavy (non-hydrogen) atoms. The summed E-state index contributed by atoms with van der Waals surface area (Å²) in [5.74, 6) is -0.851. The number of carbonyl (C=O) groups excluding carboxylic acids is 2. The highest BCUT2D eigenvalue weighted by Gasteiger charge is 2.19. The third-order valence-corrected chi connectivity index (χ3v) is 4.61. The maximum absolute atomic E-state index is 12.7. The molecule has 7 nitrogen and oxygen atoms in total. The van der Waals surface area contributed by atoms with E-state index in [1.54, 1.807) is 24.4 Å². The van der Waals surface area contributed by atoms with E-state index in [1.807, 2.05) is 18.2 Å². The lowest BCUT2D eigenvalue weighted by atomic mass is 10.1. The Morgan fingerprint density at radius 3 is 2.69 bits per heavy atom. The van der Waals surface area contributed by atoms with Gasteiger partial charge in [0.05, 0.1) is 22.4 Å². The number of hydrogen-bond donors (Lipinski definition) is 3. The van der Waals surface area contributed by atoms with E-state index in [1.165, 1.54) is 0 Å². The van der Waals surface area contributed by atoms with Crippen LogP contribution in [0, 0.1) is 0 Å². The van der Waals surface area contributed by atoms with Gasteiger partial charge in [0, 0.05) is 24.8 Å². The molecule has 4 rings (SSSR count). The summed E-state index contributed by atoms with van der Waals surface area (Å²) < 4.78 is 0. The first-order chi connectivity index (χ1) is 12.6. The number of nitrogens with two attached hydrogens (primary N) is 1. The summed E-state index contributed by atoms with van der Waals surface area (Å²) in [6.45, 7) is 1.85. The molecule has 4 N–H and O–H groups in total. The smallest absolute Gasteiger partial charge is 0.274 e. The number of anilines is 2. The summed E-state index contributed by atoms with van der Waals surface area (Å²) in [4.78, 5) is 33.9. The Kier molecular flexibility index (Phi) is 4.04. The van der Waals surface area contributed by atoms with E-state index in [0.717, 1.165) is 42.7 Å². The Labute approximate surface area is 150 Å². The highest BCUT2D eigenvalue weighted by atomic mass is 16.2. The van der Waals surface area contributed by atoms with Crippen molar-refractivity contribution < 1.29 is 9.59 Å². The summed E-state index contributed by atoms with van der Waals surface area (Å²) in [6.07, 6.45) is 3.99. The molecule has 0 unspecified atom stereocenters. The molecule has 0 atom stereocenters. The fourth-order valence-electron chi connectivity index (χ4n) is 3.27. The van der Waals surface area contributed by atoms with Gasteiger partial charge in [0.25, 0.3) is 5.91 Å². The Balaban J connectivity index is 1.67. The fourth-order valence-corrected chi connectivity index (χ4v) is 3.27. The van der Waals surface area contributed by atoms with Gasteiger partial charge in [-0.15, -0.1) is 0 Å². The first-order valence-electron chi connectivity index (χ1n) is 8.56. The summed E-state index contributed by atoms with van der Waals surface area (Å²) in [6, 6.07) is 10.5. The number of amides is 2.